The summed E-state index contributed by atoms with van der Waals surface area (Å²) >= 11 is 3.08. The van der Waals surface area contributed by atoms with Gasteiger partial charge in [0.05, 0.1) is 37.5 Å². The second-order valence-corrected chi connectivity index (χ2v) is 22.3. The molecule has 5 heterocycles. The number of ether oxygens (including phenoxy) is 4. The van der Waals surface area contributed by atoms with Gasteiger partial charge in [-0.05, 0) is 74.9 Å². The number of aliphatic hydroxyl groups excluding tert-OH is 3. The molecule has 6 aromatic rings. The number of thioether (sulfide) groups is 2. The molecule has 12 atom stereocenters. The average molecular weight is 1080 g/mol. The normalized spacial score (nSPS) is 28.5. The van der Waals surface area contributed by atoms with E-state index in [9.17, 15) is 27.8 Å². The summed E-state index contributed by atoms with van der Waals surface area (Å²) in [6, 6.07) is 7.41. The zero-order valence-electron chi connectivity index (χ0n) is 42.6. The standard InChI is InChI=1S/C26H32F2N6O3S.C24H30F2N6O4S/c1-6-9-38-25-29-23(33(4)17-11-14(17)13-7-8-15(27)16(28)10-13)20-24(30-25)34(32-31-20)18-12-19(35-5)22-21(18)36-26(2,3)37-22;1-3-8-37-24-27-22(31(2)16-10-13(16)12-4-5-14(25)15(26)9-12)19-23(28-24)32(30-29-19)17-11-18(36-7-6-33)21(35)20(17)34/h7-8,10,14,17-19,21-22H,6,9,11-12H2,1-5H3;4-5,9,13,16-18,20-21,33-35H,3,6-8,10-11H2,1-2H3/t14-,17+,18+,19-,21-,22+;13-,16+,17+,18-,20-,21+/m00/s1. The van der Waals surface area contributed by atoms with Crippen LogP contribution in [0.5, 0.6) is 0 Å². The van der Waals surface area contributed by atoms with Crippen LogP contribution in [0.4, 0.5) is 29.2 Å². The zero-order valence-corrected chi connectivity index (χ0v) is 44.3. The Labute approximate surface area is 439 Å². The highest BCUT2D eigenvalue weighted by molar-refractivity contribution is 7.99. The molecule has 0 amide bonds. The third-order valence-corrected chi connectivity index (χ3v) is 16.8. The number of hydrogen-bond acceptors (Lipinski definition) is 19. The molecule has 19 nitrogen and oxygen atoms in total. The summed E-state index contributed by atoms with van der Waals surface area (Å²) in [5.74, 6) is -1.11. The molecule has 0 spiro atoms. The molecular formula is C50H62F4N12O7S2. The lowest BCUT2D eigenvalue weighted by Gasteiger charge is -2.23. The van der Waals surface area contributed by atoms with Crippen LogP contribution < -0.4 is 9.80 Å². The van der Waals surface area contributed by atoms with Crippen molar-refractivity contribution in [2.45, 2.75) is 155 Å². The summed E-state index contributed by atoms with van der Waals surface area (Å²) in [6.07, 6.45) is 0.850. The van der Waals surface area contributed by atoms with Crippen LogP contribution in [-0.2, 0) is 18.9 Å². The molecule has 11 rings (SSSR count). The molecule has 1 aliphatic heterocycles. The number of likely N-dealkylation sites (N-methyl/N-ethyl adjacent to an activating group) is 2. The fourth-order valence-corrected chi connectivity index (χ4v) is 12.1. The van der Waals surface area contributed by atoms with Crippen molar-refractivity contribution in [3.8, 4) is 0 Å². The molecule has 4 aromatic heterocycles. The monoisotopic (exact) mass is 1080 g/mol. The first-order valence-electron chi connectivity index (χ1n) is 25.4. The second kappa shape index (κ2) is 21.9. The lowest BCUT2D eigenvalue weighted by atomic mass is 10.1. The van der Waals surface area contributed by atoms with Crippen LogP contribution in [0, 0.1) is 23.3 Å². The van der Waals surface area contributed by atoms with Crippen molar-refractivity contribution in [1.82, 2.24) is 49.9 Å². The Bertz CT molecular complexity index is 3020. The Hall–Kier alpha value is -4.86. The topological polar surface area (TPSA) is 217 Å². The highest BCUT2D eigenvalue weighted by Gasteiger charge is 2.56. The third-order valence-electron chi connectivity index (χ3n) is 14.7. The van der Waals surface area contributed by atoms with E-state index >= 15 is 0 Å². The first-order chi connectivity index (χ1) is 36.0. The van der Waals surface area contributed by atoms with Gasteiger partial charge in [0, 0.05) is 69.5 Å². The van der Waals surface area contributed by atoms with E-state index in [0.29, 0.717) is 50.7 Å². The number of nitrogens with zero attached hydrogens (tertiary/aromatic N) is 12. The van der Waals surface area contributed by atoms with Gasteiger partial charge in [-0.3, -0.25) is 0 Å². The fraction of sp³-hybridized carbons (Fsp3) is 0.600. The van der Waals surface area contributed by atoms with Crippen molar-refractivity contribution in [2.24, 2.45) is 0 Å². The SMILES string of the molecule is CCCSc1nc(N(C)[C@@H]2C[C@H]2c2ccc(F)c(F)c2)c2nnn([C@@H]3C[C@H](OC)[C@H]4OC(C)(C)O[C@H]43)c2n1.CCCSc1nc(N(C)[C@@H]2C[C@H]2c2ccc(F)c(F)c2)c2nnn([C@@H]3C[C@H](OCCO)[C@@H](O)[C@H]3O)c2n1. The molecule has 4 saturated carbocycles. The average Bonchev–Trinajstić information content (AvgIpc) is 4.18. The Morgan fingerprint density at radius 3 is 1.65 bits per heavy atom. The molecule has 3 N–H and O–H groups in total. The van der Waals surface area contributed by atoms with E-state index in [-0.39, 0.29) is 67.9 Å². The number of halogens is 4. The number of hydrogen-bond donors (Lipinski definition) is 3. The van der Waals surface area contributed by atoms with Crippen molar-refractivity contribution in [3.63, 3.8) is 0 Å². The highest BCUT2D eigenvalue weighted by atomic mass is 32.2. The van der Waals surface area contributed by atoms with Gasteiger partial charge >= 0.3 is 0 Å². The van der Waals surface area contributed by atoms with Gasteiger partial charge in [0.15, 0.2) is 73.3 Å². The van der Waals surface area contributed by atoms with Crippen molar-refractivity contribution in [2.75, 3.05) is 55.7 Å². The predicted molar refractivity (Wildman–Crippen MR) is 271 cm³/mol. The number of aromatic nitrogens is 10. The first-order valence-corrected chi connectivity index (χ1v) is 27.4. The summed E-state index contributed by atoms with van der Waals surface area (Å²) < 4.78 is 81.6. The molecule has 0 unspecified atom stereocenters. The van der Waals surface area contributed by atoms with E-state index in [4.69, 9.17) is 39.0 Å². The number of anilines is 2. The van der Waals surface area contributed by atoms with E-state index in [1.54, 1.807) is 31.0 Å². The lowest BCUT2D eigenvalue weighted by molar-refractivity contribution is -0.168. The maximum atomic E-state index is 13.9. The molecule has 404 valence electrons. The lowest BCUT2D eigenvalue weighted by Crippen LogP contribution is -2.33. The summed E-state index contributed by atoms with van der Waals surface area (Å²) in [6.45, 7) is 7.84. The molecule has 4 aliphatic carbocycles. The molecule has 25 heteroatoms. The van der Waals surface area contributed by atoms with Crippen molar-refractivity contribution in [3.05, 3.63) is 70.8 Å². The minimum Gasteiger partial charge on any atom is -0.394 e. The van der Waals surface area contributed by atoms with Crippen LogP contribution in [0.25, 0.3) is 22.3 Å². The molecule has 2 aromatic carbocycles. The zero-order chi connectivity index (χ0) is 53.0. The summed E-state index contributed by atoms with van der Waals surface area (Å²) in [4.78, 5) is 23.2. The van der Waals surface area contributed by atoms with Gasteiger partial charge in [-0.25, -0.2) is 46.9 Å². The van der Waals surface area contributed by atoms with Crippen LogP contribution in [0.15, 0.2) is 46.7 Å². The largest absolute Gasteiger partial charge is 0.394 e. The maximum Gasteiger partial charge on any atom is 0.191 e. The molecule has 1 saturated heterocycles. The van der Waals surface area contributed by atoms with Gasteiger partial charge in [0.25, 0.3) is 0 Å². The summed E-state index contributed by atoms with van der Waals surface area (Å²) in [7, 11) is 5.53. The molecule has 5 aliphatic rings. The number of rotatable bonds is 18. The van der Waals surface area contributed by atoms with E-state index in [0.717, 1.165) is 54.4 Å². The van der Waals surface area contributed by atoms with E-state index in [2.05, 4.69) is 44.4 Å². The van der Waals surface area contributed by atoms with Gasteiger partial charge in [-0.15, -0.1) is 10.2 Å². The quantitative estimate of drug-likeness (QED) is 0.0475. The molecule has 5 fully saturated rings. The first kappa shape index (κ1) is 53.5. The van der Waals surface area contributed by atoms with Crippen LogP contribution in [0.1, 0.15) is 101 Å². The van der Waals surface area contributed by atoms with Crippen LogP contribution in [-0.4, -0.2) is 166 Å². The Kier molecular flexibility index (Phi) is 15.6. The fourth-order valence-electron chi connectivity index (χ4n) is 10.7. The van der Waals surface area contributed by atoms with Crippen molar-refractivity contribution >= 4 is 57.5 Å². The van der Waals surface area contributed by atoms with Gasteiger partial charge in [0.1, 0.15) is 24.4 Å². The molecule has 0 radical (unpaired) electrons. The highest BCUT2D eigenvalue weighted by Crippen LogP contribution is 2.49. The second-order valence-electron chi connectivity index (χ2n) is 20.2. The van der Waals surface area contributed by atoms with Crippen molar-refractivity contribution < 1.29 is 51.8 Å². The molecular weight excluding hydrogens is 1020 g/mol. The summed E-state index contributed by atoms with van der Waals surface area (Å²) in [5.41, 5.74) is 3.61. The molecule has 75 heavy (non-hydrogen) atoms. The Balaban J connectivity index is 0.000000171. The number of benzene rings is 2. The van der Waals surface area contributed by atoms with E-state index in [1.807, 2.05) is 37.5 Å². The van der Waals surface area contributed by atoms with Gasteiger partial charge in [-0.2, -0.15) is 0 Å². The maximum absolute atomic E-state index is 13.9. The Morgan fingerprint density at radius 1 is 0.680 bits per heavy atom. The van der Waals surface area contributed by atoms with Gasteiger partial charge in [0.2, 0.25) is 0 Å². The van der Waals surface area contributed by atoms with E-state index < -0.39 is 53.4 Å². The number of methoxy groups -OCH3 is 1. The van der Waals surface area contributed by atoms with Crippen molar-refractivity contribution in [1.29, 1.82) is 0 Å². The van der Waals surface area contributed by atoms with Crippen LogP contribution >= 0.6 is 23.5 Å². The van der Waals surface area contributed by atoms with Gasteiger partial charge in [-0.1, -0.05) is 59.9 Å². The third kappa shape index (κ3) is 10.6. The minimum absolute atomic E-state index is 0.00675. The smallest absolute Gasteiger partial charge is 0.191 e. The predicted octanol–water partition coefficient (Wildman–Crippen LogP) is 6.51. The number of aliphatic hydroxyl groups is 3. The van der Waals surface area contributed by atoms with E-state index in [1.165, 1.54) is 34.6 Å². The van der Waals surface area contributed by atoms with Gasteiger partial charge < -0.3 is 44.1 Å². The summed E-state index contributed by atoms with van der Waals surface area (Å²) in [5, 5.41) is 49.2. The number of fused-ring (bicyclic) bond motifs is 3. The molecule has 0 bridgehead atoms. The van der Waals surface area contributed by atoms with Crippen LogP contribution in [0.3, 0.4) is 0 Å². The Morgan fingerprint density at radius 2 is 1.17 bits per heavy atom. The minimum atomic E-state index is -1.15. The van der Waals surface area contributed by atoms with Crippen LogP contribution in [0.2, 0.25) is 0 Å².